The highest BCUT2D eigenvalue weighted by Gasteiger charge is 2.33. The van der Waals surface area contributed by atoms with E-state index in [1.807, 2.05) is 47.3 Å². The Morgan fingerprint density at radius 3 is 1.69 bits per heavy atom. The highest BCUT2D eigenvalue weighted by Crippen LogP contribution is 2.36. The van der Waals surface area contributed by atoms with Gasteiger partial charge in [0.15, 0.2) is 0 Å². The van der Waals surface area contributed by atoms with Crippen molar-refractivity contribution in [2.45, 2.75) is 85.6 Å². The maximum Gasteiger partial charge on any atom is 0.272 e. The van der Waals surface area contributed by atoms with Gasteiger partial charge in [-0.2, -0.15) is 0 Å². The number of benzene rings is 2. The zero-order valence-electron chi connectivity index (χ0n) is 27.2. The molecule has 2 aliphatic carbocycles. The lowest BCUT2D eigenvalue weighted by atomic mass is 10.1. The Hall–Kier alpha value is -3.55. The van der Waals surface area contributed by atoms with Crippen LogP contribution >= 0.6 is 23.2 Å². The largest absolute Gasteiger partial charge is 0.346 e. The molecule has 0 saturated heterocycles. The molecule has 3 atom stereocenters. The summed E-state index contributed by atoms with van der Waals surface area (Å²) >= 11 is 11.5. The molecule has 51 heavy (non-hydrogen) atoms. The van der Waals surface area contributed by atoms with Gasteiger partial charge in [0, 0.05) is 49.9 Å². The van der Waals surface area contributed by atoms with E-state index in [2.05, 4.69) is 15.4 Å². The van der Waals surface area contributed by atoms with E-state index in [4.69, 9.17) is 28.9 Å². The molecule has 2 amide bonds. The highest BCUT2D eigenvalue weighted by atomic mass is 35.5. The van der Waals surface area contributed by atoms with Crippen LogP contribution in [0, 0.1) is 11.6 Å². The number of amides is 2. The normalized spacial score (nSPS) is 16.3. The lowest BCUT2D eigenvalue weighted by Gasteiger charge is -2.21. The van der Waals surface area contributed by atoms with E-state index in [9.17, 15) is 22.6 Å². The summed E-state index contributed by atoms with van der Waals surface area (Å²) in [5.74, 6) is -1.56. The Kier molecular flexibility index (Phi) is 14.8. The van der Waals surface area contributed by atoms with Gasteiger partial charge in [-0.3, -0.25) is 9.59 Å². The Morgan fingerprint density at radius 1 is 0.804 bits per heavy atom. The number of nitrogens with one attached hydrogen (secondary N) is 3. The molecule has 0 radical (unpaired) electrons. The number of halogens is 4. The molecule has 14 heteroatoms. The lowest BCUT2D eigenvalue weighted by molar-refractivity contribution is 0.101. The van der Waals surface area contributed by atoms with Gasteiger partial charge in [-0.1, -0.05) is 45.5 Å². The quantitative estimate of drug-likeness (QED) is 0.156. The first-order valence-corrected chi connectivity index (χ1v) is 17.3. The van der Waals surface area contributed by atoms with E-state index < -0.39 is 22.6 Å². The van der Waals surface area contributed by atoms with Crippen LogP contribution in [0.25, 0.3) is 0 Å². The molecule has 0 spiro atoms. The summed E-state index contributed by atoms with van der Waals surface area (Å²) in [6.07, 6.45) is 6.97. The molecule has 2 aliphatic rings. The molecule has 9 nitrogen and oxygen atoms in total. The minimum absolute atomic E-state index is 0. The fourth-order valence-electron chi connectivity index (χ4n) is 6.00. The molecule has 280 valence electrons. The molecule has 0 saturated carbocycles. The fourth-order valence-corrected chi connectivity index (χ4v) is 7.22. The van der Waals surface area contributed by atoms with Crippen molar-refractivity contribution in [1.82, 2.24) is 13.9 Å². The molecular weight excluding hydrogens is 717 g/mol. The Balaban J connectivity index is 0.000000342. The summed E-state index contributed by atoms with van der Waals surface area (Å²) in [6.45, 7) is 5.76. The molecule has 2 aromatic carbocycles. The van der Waals surface area contributed by atoms with Crippen molar-refractivity contribution in [1.29, 1.82) is 0 Å². The zero-order chi connectivity index (χ0) is 35.1. The van der Waals surface area contributed by atoms with Crippen LogP contribution in [0.2, 0.25) is 10.0 Å². The predicted molar refractivity (Wildman–Crippen MR) is 207 cm³/mol. The van der Waals surface area contributed by atoms with Crippen LogP contribution in [0.3, 0.4) is 0 Å². The van der Waals surface area contributed by atoms with E-state index in [-0.39, 0.29) is 61.0 Å². The number of fused-ring (bicyclic) bond motifs is 2. The average molecular weight is 768 g/mol. The van der Waals surface area contributed by atoms with E-state index in [1.54, 1.807) is 9.13 Å². The molecule has 4 aromatic rings. The summed E-state index contributed by atoms with van der Waals surface area (Å²) < 4.78 is 45.2. The maximum atomic E-state index is 13.3. The fraction of sp³-hybridized carbons (Fsp3) is 0.405. The number of hydrogen-bond acceptors (Lipinski definition) is 4. The average Bonchev–Trinajstić information content (AvgIpc) is 3.74. The van der Waals surface area contributed by atoms with Gasteiger partial charge in [-0.05, 0) is 105 Å². The van der Waals surface area contributed by atoms with Gasteiger partial charge >= 0.3 is 0 Å². The number of nitrogens with zero attached hydrogens (tertiary/aromatic N) is 2. The molecular formula is C37H50Cl2F2N6O3S. The number of anilines is 2. The number of carbonyl (C=O) groups excluding carboxylic acids is 2. The SMILES string of the molecule is C.C.C.Cn1cc2c(c1C(=O)Nc1ccc(F)c(Cl)c1)CCC2N.Cn1cc2c(c1C(=O)Nc1ccc(F)c(Cl)c1)CCC2NS(=O)C(C)(C)C. The van der Waals surface area contributed by atoms with Crippen molar-refractivity contribution in [3.63, 3.8) is 0 Å². The molecule has 5 N–H and O–H groups in total. The van der Waals surface area contributed by atoms with Gasteiger partial charge in [0.05, 0.1) is 25.8 Å². The first kappa shape index (κ1) is 43.6. The number of carbonyl (C=O) groups is 2. The second-order valence-corrected chi connectivity index (χ2v) is 15.8. The number of nitrogens with two attached hydrogens (primary N) is 1. The van der Waals surface area contributed by atoms with Crippen LogP contribution in [0.15, 0.2) is 48.8 Å². The van der Waals surface area contributed by atoms with E-state index in [0.29, 0.717) is 22.8 Å². The molecule has 0 bridgehead atoms. The van der Waals surface area contributed by atoms with Crippen LogP contribution < -0.4 is 21.1 Å². The topological polar surface area (TPSA) is 123 Å². The minimum Gasteiger partial charge on any atom is -0.346 e. The van der Waals surface area contributed by atoms with Gasteiger partial charge in [0.1, 0.15) is 23.0 Å². The van der Waals surface area contributed by atoms with Crippen molar-refractivity contribution in [2.75, 3.05) is 10.6 Å². The van der Waals surface area contributed by atoms with Gasteiger partial charge in [-0.25, -0.2) is 17.7 Å². The second kappa shape index (κ2) is 17.3. The third-order valence-electron chi connectivity index (χ3n) is 8.39. The molecule has 6 rings (SSSR count). The van der Waals surface area contributed by atoms with Crippen molar-refractivity contribution >= 4 is 57.4 Å². The van der Waals surface area contributed by atoms with Gasteiger partial charge in [0.25, 0.3) is 11.8 Å². The van der Waals surface area contributed by atoms with Gasteiger partial charge in [0.2, 0.25) is 0 Å². The number of aromatic nitrogens is 2. The third kappa shape index (κ3) is 9.47. The summed E-state index contributed by atoms with van der Waals surface area (Å²) in [4.78, 5) is 25.2. The minimum atomic E-state index is -1.19. The highest BCUT2D eigenvalue weighted by molar-refractivity contribution is 7.84. The van der Waals surface area contributed by atoms with E-state index in [0.717, 1.165) is 47.9 Å². The predicted octanol–water partition coefficient (Wildman–Crippen LogP) is 9.03. The van der Waals surface area contributed by atoms with Crippen LogP contribution in [0.1, 0.15) is 111 Å². The van der Waals surface area contributed by atoms with E-state index >= 15 is 0 Å². The van der Waals surface area contributed by atoms with Crippen LogP contribution in [-0.2, 0) is 37.9 Å². The Labute approximate surface area is 312 Å². The van der Waals surface area contributed by atoms with Crippen LogP contribution in [0.5, 0.6) is 0 Å². The summed E-state index contributed by atoms with van der Waals surface area (Å²) in [5, 5.41) is 5.45. The lowest BCUT2D eigenvalue weighted by Crippen LogP contribution is -2.35. The molecule has 0 fully saturated rings. The van der Waals surface area contributed by atoms with Gasteiger partial charge < -0.3 is 25.5 Å². The van der Waals surface area contributed by atoms with Crippen molar-refractivity contribution in [2.24, 2.45) is 19.8 Å². The van der Waals surface area contributed by atoms with Crippen molar-refractivity contribution in [3.8, 4) is 0 Å². The molecule has 3 unspecified atom stereocenters. The maximum absolute atomic E-state index is 13.3. The second-order valence-electron chi connectivity index (χ2n) is 12.9. The number of rotatable bonds is 6. The number of aryl methyl sites for hydroxylation is 2. The van der Waals surface area contributed by atoms with Gasteiger partial charge in [-0.15, -0.1) is 0 Å². The summed E-state index contributed by atoms with van der Waals surface area (Å²) in [6, 6.07) is 8.12. The zero-order valence-corrected chi connectivity index (χ0v) is 29.5. The van der Waals surface area contributed by atoms with Crippen LogP contribution in [0.4, 0.5) is 20.2 Å². The van der Waals surface area contributed by atoms with Crippen molar-refractivity contribution in [3.05, 3.63) is 104 Å². The standard InChI is InChI=1S/C19H23ClFN3O2S.C15H15ClFN3O.3CH4/c1-19(2,3)27(26)23-16-8-6-12-13(16)10-24(4)17(12)18(25)22-11-5-7-15(21)14(20)9-11;1-20-7-10-9(3-5-13(10)18)14(20)15(21)19-8-2-4-12(17)11(16)6-8;;;/h5,7,9-10,16,23H,6,8H2,1-4H3,(H,22,25);2,4,6-7,13H,3,5,18H2,1H3,(H,19,21);3*1H4. The smallest absolute Gasteiger partial charge is 0.272 e. The molecule has 2 heterocycles. The Morgan fingerprint density at radius 2 is 1.24 bits per heavy atom. The summed E-state index contributed by atoms with van der Waals surface area (Å²) in [7, 11) is 2.44. The van der Waals surface area contributed by atoms with E-state index in [1.165, 1.54) is 36.4 Å². The third-order valence-corrected chi connectivity index (χ3v) is 10.6. The van der Waals surface area contributed by atoms with Crippen LogP contribution in [-0.4, -0.2) is 29.9 Å². The summed E-state index contributed by atoms with van der Waals surface area (Å²) in [5.41, 5.74) is 12.0. The Bertz CT molecular complexity index is 1920. The molecule has 0 aliphatic heterocycles. The number of hydrogen-bond donors (Lipinski definition) is 4. The molecule has 2 aromatic heterocycles. The monoisotopic (exact) mass is 766 g/mol. The van der Waals surface area contributed by atoms with Crippen molar-refractivity contribution < 1.29 is 22.6 Å². The first-order valence-electron chi connectivity index (χ1n) is 15.4. The first-order chi connectivity index (χ1) is 22.5.